The van der Waals surface area contributed by atoms with Crippen molar-refractivity contribution in [1.29, 1.82) is 0 Å². The van der Waals surface area contributed by atoms with Crippen LogP contribution in [-0.2, 0) is 6.42 Å². The van der Waals surface area contributed by atoms with Crippen molar-refractivity contribution in [1.82, 2.24) is 10.5 Å². The zero-order chi connectivity index (χ0) is 12.1. The lowest BCUT2D eigenvalue weighted by Crippen LogP contribution is -2.37. The highest BCUT2D eigenvalue weighted by molar-refractivity contribution is 5.96. The molecule has 1 amide bonds. The van der Waals surface area contributed by atoms with Crippen LogP contribution in [0, 0.1) is 6.92 Å². The second kappa shape index (κ2) is 5.65. The molecule has 90 valence electrons. The molecule has 0 aliphatic rings. The average molecular weight is 226 g/mol. The molecule has 5 heteroatoms. The summed E-state index contributed by atoms with van der Waals surface area (Å²) >= 11 is 0. The molecule has 1 aromatic rings. The van der Waals surface area contributed by atoms with Crippen molar-refractivity contribution >= 4 is 5.91 Å². The molecular weight excluding hydrogens is 208 g/mol. The summed E-state index contributed by atoms with van der Waals surface area (Å²) in [6.45, 7) is 5.47. The fraction of sp³-hybridized carbons (Fsp3) is 0.636. The third-order valence-corrected chi connectivity index (χ3v) is 2.54. The van der Waals surface area contributed by atoms with Crippen LogP contribution < -0.4 is 5.32 Å². The fourth-order valence-corrected chi connectivity index (χ4v) is 1.48. The molecule has 0 radical (unpaired) electrons. The lowest BCUT2D eigenvalue weighted by molar-refractivity contribution is 0.0912. The van der Waals surface area contributed by atoms with Gasteiger partial charge in [-0.05, 0) is 19.8 Å². The van der Waals surface area contributed by atoms with Gasteiger partial charge < -0.3 is 14.9 Å². The van der Waals surface area contributed by atoms with Crippen molar-refractivity contribution in [2.75, 3.05) is 6.61 Å². The number of carbonyl (C=O) groups excluding carboxylic acids is 1. The number of nitrogens with one attached hydrogen (secondary N) is 1. The fourth-order valence-electron chi connectivity index (χ4n) is 1.48. The molecule has 1 atom stereocenters. The van der Waals surface area contributed by atoms with Crippen LogP contribution in [0.4, 0.5) is 0 Å². The van der Waals surface area contributed by atoms with E-state index in [2.05, 4.69) is 10.5 Å². The predicted octanol–water partition coefficient (Wildman–Crippen LogP) is 1.05. The van der Waals surface area contributed by atoms with Crippen LogP contribution in [0.25, 0.3) is 0 Å². The Morgan fingerprint density at radius 3 is 2.75 bits per heavy atom. The van der Waals surface area contributed by atoms with Crippen molar-refractivity contribution in [3.05, 3.63) is 17.0 Å². The van der Waals surface area contributed by atoms with E-state index in [-0.39, 0.29) is 18.6 Å². The molecule has 0 spiro atoms. The number of carbonyl (C=O) groups is 1. The summed E-state index contributed by atoms with van der Waals surface area (Å²) in [5.41, 5.74) is 1.15. The maximum absolute atomic E-state index is 11.9. The number of nitrogens with zero attached hydrogens (tertiary/aromatic N) is 1. The average Bonchev–Trinajstić information content (AvgIpc) is 2.67. The smallest absolute Gasteiger partial charge is 0.257 e. The summed E-state index contributed by atoms with van der Waals surface area (Å²) in [6.07, 6.45) is 1.34. The van der Waals surface area contributed by atoms with Gasteiger partial charge in [0.05, 0.1) is 18.3 Å². The van der Waals surface area contributed by atoms with Crippen LogP contribution >= 0.6 is 0 Å². The van der Waals surface area contributed by atoms with Crippen molar-refractivity contribution in [2.45, 2.75) is 39.7 Å². The zero-order valence-corrected chi connectivity index (χ0v) is 9.91. The van der Waals surface area contributed by atoms with Crippen LogP contribution in [0.1, 0.15) is 42.1 Å². The first-order chi connectivity index (χ1) is 7.63. The molecular formula is C11H18N2O3. The number of amides is 1. The molecule has 1 heterocycles. The Morgan fingerprint density at radius 1 is 1.56 bits per heavy atom. The van der Waals surface area contributed by atoms with E-state index < -0.39 is 0 Å². The molecule has 0 aliphatic heterocycles. The third-order valence-electron chi connectivity index (χ3n) is 2.54. The number of aliphatic hydroxyl groups excluding tert-OH is 1. The minimum atomic E-state index is -0.225. The molecule has 0 aliphatic carbocycles. The van der Waals surface area contributed by atoms with Gasteiger partial charge in [0.1, 0.15) is 11.3 Å². The van der Waals surface area contributed by atoms with Crippen LogP contribution in [0.15, 0.2) is 4.52 Å². The molecule has 16 heavy (non-hydrogen) atoms. The van der Waals surface area contributed by atoms with Crippen LogP contribution in [0.2, 0.25) is 0 Å². The quantitative estimate of drug-likeness (QED) is 0.786. The maximum atomic E-state index is 11.9. The normalized spacial score (nSPS) is 12.5. The second-order valence-corrected chi connectivity index (χ2v) is 3.68. The lowest BCUT2D eigenvalue weighted by Gasteiger charge is -2.13. The Balaban J connectivity index is 2.83. The Bertz CT molecular complexity index is 356. The van der Waals surface area contributed by atoms with Gasteiger partial charge in [0.2, 0.25) is 0 Å². The van der Waals surface area contributed by atoms with Gasteiger partial charge in [0.25, 0.3) is 5.91 Å². The first-order valence-corrected chi connectivity index (χ1v) is 5.50. The minimum absolute atomic E-state index is 0.0615. The van der Waals surface area contributed by atoms with Crippen LogP contribution in [-0.4, -0.2) is 28.8 Å². The number of aliphatic hydroxyl groups is 1. The largest absolute Gasteiger partial charge is 0.394 e. The van der Waals surface area contributed by atoms with Gasteiger partial charge in [-0.1, -0.05) is 19.0 Å². The van der Waals surface area contributed by atoms with Gasteiger partial charge in [-0.25, -0.2) is 0 Å². The van der Waals surface area contributed by atoms with E-state index in [1.165, 1.54) is 0 Å². The van der Waals surface area contributed by atoms with Crippen molar-refractivity contribution in [3.8, 4) is 0 Å². The van der Waals surface area contributed by atoms with Crippen LogP contribution in [0.5, 0.6) is 0 Å². The first kappa shape index (κ1) is 12.7. The number of hydrogen-bond acceptors (Lipinski definition) is 4. The number of aromatic nitrogens is 1. The maximum Gasteiger partial charge on any atom is 0.257 e. The number of rotatable bonds is 5. The third kappa shape index (κ3) is 2.61. The van der Waals surface area contributed by atoms with Gasteiger partial charge in [0, 0.05) is 0 Å². The molecule has 1 aromatic heterocycles. The molecule has 5 nitrogen and oxygen atoms in total. The van der Waals surface area contributed by atoms with Gasteiger partial charge >= 0.3 is 0 Å². The first-order valence-electron chi connectivity index (χ1n) is 5.50. The highest BCUT2D eigenvalue weighted by Crippen LogP contribution is 2.14. The van der Waals surface area contributed by atoms with Crippen molar-refractivity contribution < 1.29 is 14.4 Å². The molecule has 0 saturated carbocycles. The molecule has 0 fully saturated rings. The molecule has 0 bridgehead atoms. The summed E-state index contributed by atoms with van der Waals surface area (Å²) in [5.74, 6) is 0.290. The summed E-state index contributed by atoms with van der Waals surface area (Å²) in [5, 5.41) is 15.6. The molecule has 1 rings (SSSR count). The van der Waals surface area contributed by atoms with E-state index in [1.807, 2.05) is 13.8 Å². The van der Waals surface area contributed by atoms with Gasteiger partial charge in [0.15, 0.2) is 0 Å². The number of hydrogen-bond donors (Lipinski definition) is 2. The monoisotopic (exact) mass is 226 g/mol. The van der Waals surface area contributed by atoms with E-state index >= 15 is 0 Å². The topological polar surface area (TPSA) is 75.4 Å². The summed E-state index contributed by atoms with van der Waals surface area (Å²) in [6, 6.07) is -0.216. The SMILES string of the molecule is CCc1noc(C)c1C(=O)N[C@@H](CC)CO. The standard InChI is InChI=1S/C11H18N2O3/c1-4-8(6-14)12-11(15)10-7(3)16-13-9(10)5-2/h8,14H,4-6H2,1-3H3,(H,12,15)/t8-/m0/s1. The molecule has 0 unspecified atom stereocenters. The second-order valence-electron chi connectivity index (χ2n) is 3.68. The van der Waals surface area contributed by atoms with Gasteiger partial charge in [-0.2, -0.15) is 0 Å². The van der Waals surface area contributed by atoms with Gasteiger partial charge in [-0.3, -0.25) is 4.79 Å². The number of aryl methyl sites for hydroxylation is 2. The van der Waals surface area contributed by atoms with E-state index in [4.69, 9.17) is 9.63 Å². The predicted molar refractivity (Wildman–Crippen MR) is 59.2 cm³/mol. The summed E-state index contributed by atoms with van der Waals surface area (Å²) < 4.78 is 4.98. The summed E-state index contributed by atoms with van der Waals surface area (Å²) in [4.78, 5) is 11.9. The minimum Gasteiger partial charge on any atom is -0.394 e. The highest BCUT2D eigenvalue weighted by atomic mass is 16.5. The molecule has 2 N–H and O–H groups in total. The van der Waals surface area contributed by atoms with Gasteiger partial charge in [-0.15, -0.1) is 0 Å². The lowest BCUT2D eigenvalue weighted by atomic mass is 10.1. The Morgan fingerprint density at radius 2 is 2.25 bits per heavy atom. The van der Waals surface area contributed by atoms with E-state index in [0.717, 1.165) is 0 Å². The zero-order valence-electron chi connectivity index (χ0n) is 9.91. The van der Waals surface area contributed by atoms with E-state index in [9.17, 15) is 4.79 Å². The van der Waals surface area contributed by atoms with Crippen molar-refractivity contribution in [2.24, 2.45) is 0 Å². The Hall–Kier alpha value is -1.36. The molecule has 0 saturated heterocycles. The highest BCUT2D eigenvalue weighted by Gasteiger charge is 2.20. The van der Waals surface area contributed by atoms with Crippen molar-refractivity contribution in [3.63, 3.8) is 0 Å². The van der Waals surface area contributed by atoms with E-state index in [1.54, 1.807) is 6.92 Å². The Kier molecular flexibility index (Phi) is 4.49. The van der Waals surface area contributed by atoms with Crippen LogP contribution in [0.3, 0.4) is 0 Å². The molecule has 0 aromatic carbocycles. The Labute approximate surface area is 94.8 Å². The summed E-state index contributed by atoms with van der Waals surface area (Å²) in [7, 11) is 0. The van der Waals surface area contributed by atoms with E-state index in [0.29, 0.717) is 29.9 Å².